The molecular formula is C26H42. The van der Waals surface area contributed by atoms with Gasteiger partial charge in [-0.1, -0.05) is 52.4 Å². The second-order valence-electron chi connectivity index (χ2n) is 12.1. The third-order valence-corrected chi connectivity index (χ3v) is 11.6. The van der Waals surface area contributed by atoms with Crippen molar-refractivity contribution in [3.8, 4) is 0 Å². The highest BCUT2D eigenvalue weighted by molar-refractivity contribution is 5.09. The van der Waals surface area contributed by atoms with Crippen LogP contribution in [0.2, 0.25) is 0 Å². The zero-order valence-corrected chi connectivity index (χ0v) is 17.4. The lowest BCUT2D eigenvalue weighted by Crippen LogP contribution is -2.41. The van der Waals surface area contributed by atoms with Gasteiger partial charge in [-0.2, -0.15) is 0 Å². The average molecular weight is 355 g/mol. The fourth-order valence-electron chi connectivity index (χ4n) is 10.8. The largest absolute Gasteiger partial charge is 0.0620 e. The predicted octanol–water partition coefficient (Wildman–Crippen LogP) is 7.18. The van der Waals surface area contributed by atoms with Gasteiger partial charge >= 0.3 is 0 Å². The summed E-state index contributed by atoms with van der Waals surface area (Å²) in [6, 6.07) is 0. The molecule has 0 aromatic carbocycles. The Labute approximate surface area is 162 Å². The summed E-state index contributed by atoms with van der Waals surface area (Å²) in [6.45, 7) is 5.41. The van der Waals surface area contributed by atoms with Gasteiger partial charge in [0.2, 0.25) is 0 Å². The van der Waals surface area contributed by atoms with E-state index in [0.29, 0.717) is 0 Å². The first-order valence-electron chi connectivity index (χ1n) is 12.7. The summed E-state index contributed by atoms with van der Waals surface area (Å²) in [5, 5.41) is 0. The van der Waals surface area contributed by atoms with Gasteiger partial charge in [0.25, 0.3) is 0 Å². The summed E-state index contributed by atoms with van der Waals surface area (Å²) in [4.78, 5) is 0. The van der Waals surface area contributed by atoms with Gasteiger partial charge in [0.1, 0.15) is 0 Å². The molecule has 0 bridgehead atoms. The normalized spacial score (nSPS) is 61.2. The van der Waals surface area contributed by atoms with Crippen LogP contribution in [0, 0.1) is 71.0 Å². The lowest BCUT2D eigenvalue weighted by atomic mass is 9.56. The fourth-order valence-corrected chi connectivity index (χ4v) is 10.8. The van der Waals surface area contributed by atoms with Crippen LogP contribution in [0.5, 0.6) is 0 Å². The van der Waals surface area contributed by atoms with E-state index in [1.807, 2.05) is 0 Å². The van der Waals surface area contributed by atoms with Crippen molar-refractivity contribution in [1.82, 2.24) is 0 Å². The maximum absolute atomic E-state index is 2.72. The van der Waals surface area contributed by atoms with E-state index in [9.17, 15) is 0 Å². The highest BCUT2D eigenvalue weighted by Gasteiger charge is 2.60. The number of fused-ring (bicyclic) bond motifs is 7. The zero-order chi connectivity index (χ0) is 17.4. The van der Waals surface area contributed by atoms with Crippen molar-refractivity contribution in [2.75, 3.05) is 0 Å². The van der Waals surface area contributed by atoms with Gasteiger partial charge in [0, 0.05) is 0 Å². The first-order valence-corrected chi connectivity index (χ1v) is 12.7. The minimum absolute atomic E-state index is 1.06. The Morgan fingerprint density at radius 2 is 1.00 bits per heavy atom. The lowest BCUT2D eigenvalue weighted by molar-refractivity contribution is 0.00260. The molecule has 0 radical (unpaired) electrons. The van der Waals surface area contributed by atoms with E-state index in [2.05, 4.69) is 13.8 Å². The molecule has 0 aromatic rings. The van der Waals surface area contributed by atoms with E-state index in [1.165, 1.54) is 0 Å². The molecule has 146 valence electrons. The molecule has 0 heterocycles. The zero-order valence-electron chi connectivity index (χ0n) is 17.4. The summed E-state index contributed by atoms with van der Waals surface area (Å²) in [5.74, 6) is 13.5. The van der Waals surface area contributed by atoms with Crippen LogP contribution < -0.4 is 0 Å². The first-order chi connectivity index (χ1) is 12.7. The molecule has 0 saturated heterocycles. The second kappa shape index (κ2) is 6.25. The molecule has 0 N–H and O–H groups in total. The molecule has 6 aliphatic rings. The van der Waals surface area contributed by atoms with Crippen LogP contribution >= 0.6 is 0 Å². The quantitative estimate of drug-likeness (QED) is 0.432. The first kappa shape index (κ1) is 16.9. The highest BCUT2D eigenvalue weighted by Crippen LogP contribution is 2.67. The van der Waals surface area contributed by atoms with Crippen molar-refractivity contribution >= 4 is 0 Å². The molecule has 0 nitrogen and oxygen atoms in total. The van der Waals surface area contributed by atoms with Crippen LogP contribution in [-0.4, -0.2) is 0 Å². The molecule has 12 atom stereocenters. The van der Waals surface area contributed by atoms with Crippen LogP contribution in [0.1, 0.15) is 90.9 Å². The maximum atomic E-state index is 2.72. The average Bonchev–Trinajstić information content (AvgIpc) is 3.19. The van der Waals surface area contributed by atoms with Crippen molar-refractivity contribution < 1.29 is 0 Å². The predicted molar refractivity (Wildman–Crippen MR) is 109 cm³/mol. The summed E-state index contributed by atoms with van der Waals surface area (Å²) >= 11 is 0. The standard InChI is InChI=1S/C26H42/c1-15-20-9-5-4-8-18(20)12-23-22(15)14-25-24(23)13-19-11-17-7-3-6-10-21(17)16(2)26(19)25/h15-26H,3-14H2,1-2H3/t15-,16?,17+,18-,19?,20+,21-,22?,23?,24?,25?,26?/m0/s1. The van der Waals surface area contributed by atoms with E-state index >= 15 is 0 Å². The fraction of sp³-hybridized carbons (Fsp3) is 1.00. The molecule has 0 spiro atoms. The molecule has 6 aliphatic carbocycles. The van der Waals surface area contributed by atoms with Gasteiger partial charge in [-0.05, 0) is 110 Å². The van der Waals surface area contributed by atoms with Crippen LogP contribution in [-0.2, 0) is 0 Å². The third kappa shape index (κ3) is 2.32. The molecule has 0 amide bonds. The summed E-state index contributed by atoms with van der Waals surface area (Å²) in [7, 11) is 0. The van der Waals surface area contributed by atoms with E-state index < -0.39 is 0 Å². The molecule has 0 aromatic heterocycles. The molecule has 6 saturated carbocycles. The van der Waals surface area contributed by atoms with Crippen molar-refractivity contribution in [2.45, 2.75) is 90.9 Å². The minimum atomic E-state index is 1.06. The van der Waals surface area contributed by atoms with E-state index in [4.69, 9.17) is 0 Å². The SMILES string of the molecule is CC1C2C(CC3C2CC2C3C[C@@H]3CCCC[C@@H]3[C@@H]2C)C[C@H]2CCCC[C@@H]12. The monoisotopic (exact) mass is 354 g/mol. The molecule has 6 fully saturated rings. The summed E-state index contributed by atoms with van der Waals surface area (Å²) < 4.78 is 0. The van der Waals surface area contributed by atoms with Gasteiger partial charge in [0.05, 0.1) is 0 Å². The Balaban J connectivity index is 1.26. The van der Waals surface area contributed by atoms with Crippen molar-refractivity contribution in [3.05, 3.63) is 0 Å². The highest BCUT2D eigenvalue weighted by atomic mass is 14.7. The van der Waals surface area contributed by atoms with Crippen molar-refractivity contribution in [1.29, 1.82) is 0 Å². The molecule has 0 aliphatic heterocycles. The Hall–Kier alpha value is 0. The van der Waals surface area contributed by atoms with E-state index in [-0.39, 0.29) is 0 Å². The minimum Gasteiger partial charge on any atom is -0.0620 e. The smallest absolute Gasteiger partial charge is 0.0326 e. The van der Waals surface area contributed by atoms with Gasteiger partial charge in [0.15, 0.2) is 0 Å². The van der Waals surface area contributed by atoms with Crippen LogP contribution in [0.25, 0.3) is 0 Å². The Bertz CT molecular complexity index is 536. The molecule has 7 unspecified atom stereocenters. The Morgan fingerprint density at radius 3 is 1.77 bits per heavy atom. The maximum Gasteiger partial charge on any atom is -0.0326 e. The number of rotatable bonds is 0. The van der Waals surface area contributed by atoms with Gasteiger partial charge in [-0.25, -0.2) is 0 Å². The topological polar surface area (TPSA) is 0 Å². The lowest BCUT2D eigenvalue weighted by Gasteiger charge is -2.49. The Morgan fingerprint density at radius 1 is 0.423 bits per heavy atom. The van der Waals surface area contributed by atoms with Gasteiger partial charge < -0.3 is 0 Å². The van der Waals surface area contributed by atoms with Crippen LogP contribution in [0.15, 0.2) is 0 Å². The van der Waals surface area contributed by atoms with E-state index in [1.54, 1.807) is 77.0 Å². The number of hydrogen-bond donors (Lipinski definition) is 0. The number of hydrogen-bond acceptors (Lipinski definition) is 0. The van der Waals surface area contributed by atoms with E-state index in [0.717, 1.165) is 71.0 Å². The second-order valence-corrected chi connectivity index (χ2v) is 12.1. The van der Waals surface area contributed by atoms with Crippen LogP contribution in [0.4, 0.5) is 0 Å². The molecular weight excluding hydrogens is 312 g/mol. The van der Waals surface area contributed by atoms with Gasteiger partial charge in [-0.15, -0.1) is 0 Å². The van der Waals surface area contributed by atoms with Gasteiger partial charge in [-0.3, -0.25) is 0 Å². The van der Waals surface area contributed by atoms with Crippen LogP contribution in [0.3, 0.4) is 0 Å². The molecule has 26 heavy (non-hydrogen) atoms. The summed E-state index contributed by atoms with van der Waals surface area (Å²) in [5.41, 5.74) is 0. The third-order valence-electron chi connectivity index (χ3n) is 11.6. The van der Waals surface area contributed by atoms with Crippen molar-refractivity contribution in [3.63, 3.8) is 0 Å². The summed E-state index contributed by atoms with van der Waals surface area (Å²) in [6.07, 6.45) is 19.1. The van der Waals surface area contributed by atoms with Crippen molar-refractivity contribution in [2.24, 2.45) is 71.0 Å². The Kier molecular flexibility index (Phi) is 4.06. The molecule has 0 heteroatoms. The molecule has 6 rings (SSSR count).